The molecule has 1 unspecified atom stereocenters. The highest BCUT2D eigenvalue weighted by molar-refractivity contribution is 7.65. The van der Waals surface area contributed by atoms with Crippen molar-refractivity contribution in [1.29, 1.82) is 0 Å². The Hall–Kier alpha value is -1.15. The quantitative estimate of drug-likeness (QED) is 0.539. The molecule has 1 aromatic carbocycles. The predicted octanol–water partition coefficient (Wildman–Crippen LogP) is 4.48. The minimum atomic E-state index is -3.37. The molecule has 1 atom stereocenters. The average Bonchev–Trinajstić information content (AvgIpc) is 2.35. The van der Waals surface area contributed by atoms with E-state index in [4.69, 9.17) is 9.05 Å². The molecule has 0 radical (unpaired) electrons. The molecule has 0 bridgehead atoms. The number of hydrogen-bond acceptors (Lipinski definition) is 3. The fourth-order valence-corrected chi connectivity index (χ4v) is 3.05. The first-order chi connectivity index (χ1) is 8.49. The summed E-state index contributed by atoms with van der Waals surface area (Å²) in [5, 5.41) is 0.374. The van der Waals surface area contributed by atoms with Crippen molar-refractivity contribution in [3.05, 3.63) is 55.1 Å². The molecule has 0 heterocycles. The van der Waals surface area contributed by atoms with Gasteiger partial charge >= 0.3 is 7.60 Å². The summed E-state index contributed by atoms with van der Waals surface area (Å²) in [6, 6.07) is 9.25. The molecular formula is C14H19O3P. The van der Waals surface area contributed by atoms with Gasteiger partial charge in [0.25, 0.3) is 0 Å². The second-order valence-electron chi connectivity index (χ2n) is 4.05. The molecule has 0 aliphatic heterocycles. The van der Waals surface area contributed by atoms with Gasteiger partial charge in [0.15, 0.2) is 0 Å². The van der Waals surface area contributed by atoms with E-state index < -0.39 is 7.60 Å². The van der Waals surface area contributed by atoms with Gasteiger partial charge in [-0.15, -0.1) is 6.58 Å². The van der Waals surface area contributed by atoms with Crippen LogP contribution in [-0.4, -0.2) is 12.7 Å². The first-order valence-electron chi connectivity index (χ1n) is 5.78. The number of benzene rings is 1. The van der Waals surface area contributed by atoms with E-state index >= 15 is 0 Å². The third-order valence-electron chi connectivity index (χ3n) is 2.15. The van der Waals surface area contributed by atoms with Crippen LogP contribution in [0.2, 0.25) is 0 Å². The van der Waals surface area contributed by atoms with E-state index in [2.05, 4.69) is 13.2 Å². The summed E-state index contributed by atoms with van der Waals surface area (Å²) in [7, 11) is -3.37. The van der Waals surface area contributed by atoms with E-state index in [-0.39, 0.29) is 12.7 Å². The molecular weight excluding hydrogens is 247 g/mol. The maximum Gasteiger partial charge on any atom is 0.361 e. The monoisotopic (exact) mass is 266 g/mol. The Morgan fingerprint density at radius 3 is 2.50 bits per heavy atom. The summed E-state index contributed by atoms with van der Waals surface area (Å²) in [4.78, 5) is 0. The predicted molar refractivity (Wildman–Crippen MR) is 75.5 cm³/mol. The average molecular weight is 266 g/mol. The first-order valence-corrected chi connectivity index (χ1v) is 7.32. The zero-order valence-corrected chi connectivity index (χ0v) is 11.7. The Morgan fingerprint density at radius 1 is 1.39 bits per heavy atom. The lowest BCUT2D eigenvalue weighted by atomic mass is 10.2. The number of rotatable bonds is 7. The Morgan fingerprint density at radius 2 is 2.00 bits per heavy atom. The maximum absolute atomic E-state index is 12.7. The van der Waals surface area contributed by atoms with Crippen molar-refractivity contribution in [3.8, 4) is 0 Å². The molecule has 0 amide bonds. The van der Waals surface area contributed by atoms with Gasteiger partial charge in [-0.2, -0.15) is 0 Å². The Labute approximate surface area is 109 Å². The standard InChI is InChI=1S/C14H19O3P/c1-5-11-16-18(15,17-12(2)3)13(4)14-9-7-6-8-10-14/h5-10,12H,1,4,11H2,2-3H3. The first kappa shape index (κ1) is 14.9. The molecule has 4 heteroatoms. The van der Waals surface area contributed by atoms with E-state index in [0.717, 1.165) is 5.56 Å². The maximum atomic E-state index is 12.7. The SMILES string of the molecule is C=CCOP(=O)(OC(C)C)C(=C)c1ccccc1. The number of hydrogen-bond donors (Lipinski definition) is 0. The van der Waals surface area contributed by atoms with E-state index in [1.165, 1.54) is 6.08 Å². The zero-order chi connectivity index (χ0) is 13.6. The molecule has 0 aliphatic carbocycles. The molecule has 1 rings (SSSR count). The highest BCUT2D eigenvalue weighted by Crippen LogP contribution is 2.60. The van der Waals surface area contributed by atoms with Crippen molar-refractivity contribution >= 4 is 12.9 Å². The van der Waals surface area contributed by atoms with Gasteiger partial charge in [-0.1, -0.05) is 43.0 Å². The van der Waals surface area contributed by atoms with Crippen LogP contribution in [0.1, 0.15) is 19.4 Å². The van der Waals surface area contributed by atoms with Gasteiger partial charge in [0.1, 0.15) is 0 Å². The van der Waals surface area contributed by atoms with E-state index in [0.29, 0.717) is 5.31 Å². The lowest BCUT2D eigenvalue weighted by Crippen LogP contribution is -2.04. The van der Waals surface area contributed by atoms with Crippen molar-refractivity contribution < 1.29 is 13.6 Å². The second-order valence-corrected chi connectivity index (χ2v) is 6.05. The molecule has 0 aromatic heterocycles. The van der Waals surface area contributed by atoms with Crippen LogP contribution in [0.15, 0.2) is 49.6 Å². The van der Waals surface area contributed by atoms with Gasteiger partial charge in [-0.25, -0.2) is 0 Å². The van der Waals surface area contributed by atoms with Crippen LogP contribution in [-0.2, 0) is 13.6 Å². The van der Waals surface area contributed by atoms with E-state index in [1.807, 2.05) is 44.2 Å². The van der Waals surface area contributed by atoms with Gasteiger partial charge in [0.2, 0.25) is 0 Å². The largest absolute Gasteiger partial charge is 0.361 e. The lowest BCUT2D eigenvalue weighted by molar-refractivity contribution is 0.187. The third-order valence-corrected chi connectivity index (χ3v) is 4.26. The smallest absolute Gasteiger partial charge is 0.302 e. The van der Waals surface area contributed by atoms with Crippen molar-refractivity contribution in [2.75, 3.05) is 6.61 Å². The van der Waals surface area contributed by atoms with Gasteiger partial charge < -0.3 is 9.05 Å². The minimum absolute atomic E-state index is 0.163. The van der Waals surface area contributed by atoms with Crippen LogP contribution in [0.4, 0.5) is 0 Å². The van der Waals surface area contributed by atoms with Crippen LogP contribution >= 0.6 is 7.60 Å². The molecule has 0 saturated carbocycles. The fraction of sp³-hybridized carbons (Fsp3) is 0.286. The fourth-order valence-electron chi connectivity index (χ4n) is 1.39. The third kappa shape index (κ3) is 3.95. The van der Waals surface area contributed by atoms with Crippen LogP contribution in [0.25, 0.3) is 5.31 Å². The summed E-state index contributed by atoms with van der Waals surface area (Å²) in [6.45, 7) is 11.2. The topological polar surface area (TPSA) is 35.5 Å². The molecule has 98 valence electrons. The van der Waals surface area contributed by atoms with Crippen LogP contribution in [0.3, 0.4) is 0 Å². The van der Waals surface area contributed by atoms with Gasteiger partial charge in [-0.05, 0) is 19.4 Å². The van der Waals surface area contributed by atoms with Crippen molar-refractivity contribution in [3.63, 3.8) is 0 Å². The van der Waals surface area contributed by atoms with E-state index in [1.54, 1.807) is 0 Å². The summed E-state index contributed by atoms with van der Waals surface area (Å²) < 4.78 is 23.5. The second kappa shape index (κ2) is 6.69. The highest BCUT2D eigenvalue weighted by Gasteiger charge is 2.30. The molecule has 18 heavy (non-hydrogen) atoms. The lowest BCUT2D eigenvalue weighted by Gasteiger charge is -2.22. The van der Waals surface area contributed by atoms with Gasteiger partial charge in [0.05, 0.1) is 18.0 Å². The van der Waals surface area contributed by atoms with Crippen molar-refractivity contribution in [1.82, 2.24) is 0 Å². The Kier molecular flexibility index (Phi) is 5.54. The molecule has 0 spiro atoms. The van der Waals surface area contributed by atoms with Crippen molar-refractivity contribution in [2.24, 2.45) is 0 Å². The zero-order valence-electron chi connectivity index (χ0n) is 10.8. The molecule has 0 aliphatic rings. The van der Waals surface area contributed by atoms with Crippen molar-refractivity contribution in [2.45, 2.75) is 20.0 Å². The van der Waals surface area contributed by atoms with Gasteiger partial charge in [0, 0.05) is 0 Å². The summed E-state index contributed by atoms with van der Waals surface area (Å²) >= 11 is 0. The Balaban J connectivity index is 2.99. The van der Waals surface area contributed by atoms with Crippen LogP contribution in [0, 0.1) is 0 Å². The normalized spacial score (nSPS) is 14.2. The molecule has 1 aromatic rings. The van der Waals surface area contributed by atoms with E-state index in [9.17, 15) is 4.57 Å². The Bertz CT molecular complexity index is 451. The summed E-state index contributed by atoms with van der Waals surface area (Å²) in [5.41, 5.74) is 0.755. The molecule has 3 nitrogen and oxygen atoms in total. The molecule has 0 fully saturated rings. The highest BCUT2D eigenvalue weighted by atomic mass is 31.2. The molecule has 0 N–H and O–H groups in total. The summed E-state index contributed by atoms with van der Waals surface area (Å²) in [5.74, 6) is 0. The van der Waals surface area contributed by atoms with Crippen LogP contribution in [0.5, 0.6) is 0 Å². The minimum Gasteiger partial charge on any atom is -0.302 e. The van der Waals surface area contributed by atoms with Crippen LogP contribution < -0.4 is 0 Å². The summed E-state index contributed by atoms with van der Waals surface area (Å²) in [6.07, 6.45) is 1.33. The molecule has 0 saturated heterocycles. The van der Waals surface area contributed by atoms with Gasteiger partial charge in [-0.3, -0.25) is 4.57 Å².